The lowest BCUT2D eigenvalue weighted by Crippen LogP contribution is -2.44. The van der Waals surface area contributed by atoms with E-state index in [2.05, 4.69) is 34.5 Å². The SMILES string of the molecule is CN=C(NCCC(=O)N1CCCCC1C)NCCc1nc(C)c(C)s1. The smallest absolute Gasteiger partial charge is 0.224 e. The predicted molar refractivity (Wildman–Crippen MR) is 104 cm³/mol. The number of amides is 1. The van der Waals surface area contributed by atoms with Gasteiger partial charge >= 0.3 is 0 Å². The molecule has 1 amide bonds. The van der Waals surface area contributed by atoms with Crippen LogP contribution in [0.4, 0.5) is 0 Å². The van der Waals surface area contributed by atoms with Crippen molar-refractivity contribution in [1.82, 2.24) is 20.5 Å². The van der Waals surface area contributed by atoms with Gasteiger partial charge in [-0.25, -0.2) is 4.98 Å². The highest BCUT2D eigenvalue weighted by atomic mass is 32.1. The average molecular weight is 366 g/mol. The van der Waals surface area contributed by atoms with Gasteiger partial charge in [-0.3, -0.25) is 9.79 Å². The second-order valence-corrected chi connectivity index (χ2v) is 7.89. The molecule has 25 heavy (non-hydrogen) atoms. The van der Waals surface area contributed by atoms with Gasteiger partial charge < -0.3 is 15.5 Å². The summed E-state index contributed by atoms with van der Waals surface area (Å²) in [6.07, 6.45) is 4.87. The van der Waals surface area contributed by atoms with Crippen LogP contribution in [-0.4, -0.2) is 54.5 Å². The summed E-state index contributed by atoms with van der Waals surface area (Å²) in [5.41, 5.74) is 1.12. The Morgan fingerprint density at radius 3 is 2.72 bits per heavy atom. The van der Waals surface area contributed by atoms with Gasteiger partial charge in [-0.15, -0.1) is 11.3 Å². The van der Waals surface area contributed by atoms with E-state index in [0.29, 0.717) is 19.0 Å². The molecule has 1 saturated heterocycles. The number of nitrogens with zero attached hydrogens (tertiary/aromatic N) is 3. The number of guanidine groups is 1. The van der Waals surface area contributed by atoms with E-state index in [9.17, 15) is 4.79 Å². The molecule has 0 spiro atoms. The maximum absolute atomic E-state index is 12.3. The van der Waals surface area contributed by atoms with Crippen LogP contribution in [0.2, 0.25) is 0 Å². The summed E-state index contributed by atoms with van der Waals surface area (Å²) in [7, 11) is 1.75. The lowest BCUT2D eigenvalue weighted by atomic mass is 10.0. The number of hydrogen-bond acceptors (Lipinski definition) is 4. The molecule has 1 unspecified atom stereocenters. The van der Waals surface area contributed by atoms with Crippen molar-refractivity contribution in [2.45, 2.75) is 58.9 Å². The van der Waals surface area contributed by atoms with Crippen molar-refractivity contribution in [1.29, 1.82) is 0 Å². The van der Waals surface area contributed by atoms with Crippen LogP contribution in [0.15, 0.2) is 4.99 Å². The lowest BCUT2D eigenvalue weighted by molar-refractivity contribution is -0.134. The molecule has 0 aromatic carbocycles. The normalized spacial score (nSPS) is 18.3. The van der Waals surface area contributed by atoms with E-state index in [0.717, 1.165) is 49.0 Å². The number of aliphatic imine (C=N–C) groups is 1. The summed E-state index contributed by atoms with van der Waals surface area (Å²) in [5, 5.41) is 7.67. The molecule has 2 heterocycles. The molecule has 140 valence electrons. The van der Waals surface area contributed by atoms with E-state index in [4.69, 9.17) is 0 Å². The topological polar surface area (TPSA) is 69.6 Å². The van der Waals surface area contributed by atoms with Gasteiger partial charge in [0.2, 0.25) is 5.91 Å². The number of carbonyl (C=O) groups excluding carboxylic acids is 1. The van der Waals surface area contributed by atoms with E-state index >= 15 is 0 Å². The largest absolute Gasteiger partial charge is 0.356 e. The molecule has 0 radical (unpaired) electrons. The van der Waals surface area contributed by atoms with Gasteiger partial charge in [0.25, 0.3) is 0 Å². The average Bonchev–Trinajstić information content (AvgIpc) is 2.91. The number of aryl methyl sites for hydroxylation is 2. The van der Waals surface area contributed by atoms with Crippen molar-refractivity contribution in [3.8, 4) is 0 Å². The fourth-order valence-electron chi connectivity index (χ4n) is 3.05. The van der Waals surface area contributed by atoms with Crippen LogP contribution in [0.3, 0.4) is 0 Å². The fraction of sp³-hybridized carbons (Fsp3) is 0.722. The first-order chi connectivity index (χ1) is 12.0. The molecule has 1 aromatic heterocycles. The number of likely N-dealkylation sites (tertiary alicyclic amines) is 1. The van der Waals surface area contributed by atoms with Gasteiger partial charge in [0.1, 0.15) is 0 Å². The molecular weight excluding hydrogens is 334 g/mol. The minimum absolute atomic E-state index is 0.240. The first kappa shape index (κ1) is 19.7. The van der Waals surface area contributed by atoms with Gasteiger partial charge in [-0.2, -0.15) is 0 Å². The summed E-state index contributed by atoms with van der Waals surface area (Å²) < 4.78 is 0. The monoisotopic (exact) mass is 365 g/mol. The highest BCUT2D eigenvalue weighted by molar-refractivity contribution is 7.11. The van der Waals surface area contributed by atoms with Crippen molar-refractivity contribution >= 4 is 23.2 Å². The van der Waals surface area contributed by atoms with E-state index < -0.39 is 0 Å². The maximum atomic E-state index is 12.3. The third kappa shape index (κ3) is 5.99. The number of piperidine rings is 1. The van der Waals surface area contributed by atoms with Crippen molar-refractivity contribution in [3.05, 3.63) is 15.6 Å². The Balaban J connectivity index is 1.67. The van der Waals surface area contributed by atoms with Crippen LogP contribution in [0, 0.1) is 13.8 Å². The highest BCUT2D eigenvalue weighted by Crippen LogP contribution is 2.17. The summed E-state index contributed by atoms with van der Waals surface area (Å²) >= 11 is 1.75. The Bertz CT molecular complexity index is 579. The molecule has 1 aliphatic heterocycles. The van der Waals surface area contributed by atoms with E-state index in [1.165, 1.54) is 11.3 Å². The second kappa shape index (κ2) is 9.75. The summed E-state index contributed by atoms with van der Waals surface area (Å²) in [6.45, 7) is 8.58. The van der Waals surface area contributed by atoms with Gasteiger partial charge in [0, 0.05) is 50.4 Å². The zero-order chi connectivity index (χ0) is 18.2. The number of hydrogen-bond donors (Lipinski definition) is 2. The Morgan fingerprint density at radius 1 is 1.32 bits per heavy atom. The van der Waals surface area contributed by atoms with Gasteiger partial charge in [-0.05, 0) is 40.0 Å². The molecule has 1 atom stereocenters. The minimum atomic E-state index is 0.240. The molecule has 1 aromatic rings. The van der Waals surface area contributed by atoms with Gasteiger partial charge in [0.15, 0.2) is 5.96 Å². The fourth-order valence-corrected chi connectivity index (χ4v) is 3.99. The molecule has 0 bridgehead atoms. The van der Waals surface area contributed by atoms with Crippen LogP contribution in [0.1, 0.15) is 48.2 Å². The predicted octanol–water partition coefficient (Wildman–Crippen LogP) is 2.26. The molecule has 1 fully saturated rings. The molecular formula is C18H31N5OS. The van der Waals surface area contributed by atoms with Gasteiger partial charge in [-0.1, -0.05) is 0 Å². The van der Waals surface area contributed by atoms with E-state index in [-0.39, 0.29) is 5.91 Å². The van der Waals surface area contributed by atoms with Crippen molar-refractivity contribution in [3.63, 3.8) is 0 Å². The van der Waals surface area contributed by atoms with E-state index in [1.807, 2.05) is 11.8 Å². The highest BCUT2D eigenvalue weighted by Gasteiger charge is 2.22. The molecule has 2 N–H and O–H groups in total. The molecule has 2 rings (SSSR count). The number of rotatable bonds is 6. The third-order valence-electron chi connectivity index (χ3n) is 4.68. The van der Waals surface area contributed by atoms with Crippen molar-refractivity contribution in [2.24, 2.45) is 4.99 Å². The molecule has 0 saturated carbocycles. The zero-order valence-corrected chi connectivity index (χ0v) is 16.7. The molecule has 6 nitrogen and oxygen atoms in total. The van der Waals surface area contributed by atoms with Gasteiger partial charge in [0.05, 0.1) is 10.7 Å². The quantitative estimate of drug-likeness (QED) is 0.599. The summed E-state index contributed by atoms with van der Waals surface area (Å²) in [4.78, 5) is 24.4. The van der Waals surface area contributed by atoms with Crippen LogP contribution < -0.4 is 10.6 Å². The Morgan fingerprint density at radius 2 is 2.08 bits per heavy atom. The first-order valence-electron chi connectivity index (χ1n) is 9.18. The number of thiazole rings is 1. The first-order valence-corrected chi connectivity index (χ1v) is 9.99. The summed E-state index contributed by atoms with van der Waals surface area (Å²) in [6, 6.07) is 0.379. The number of carbonyl (C=O) groups is 1. The maximum Gasteiger partial charge on any atom is 0.224 e. The Hall–Kier alpha value is -1.63. The lowest BCUT2D eigenvalue weighted by Gasteiger charge is -2.33. The minimum Gasteiger partial charge on any atom is -0.356 e. The molecule has 0 aliphatic carbocycles. The van der Waals surface area contributed by atoms with E-state index in [1.54, 1.807) is 18.4 Å². The van der Waals surface area contributed by atoms with Crippen LogP contribution in [0.5, 0.6) is 0 Å². The Labute approximate surface area is 155 Å². The zero-order valence-electron chi connectivity index (χ0n) is 15.9. The molecule has 1 aliphatic rings. The number of aromatic nitrogens is 1. The standard InChI is InChI=1S/C18H31N5OS/c1-13-7-5-6-12-23(13)17(24)9-11-21-18(19-4)20-10-8-16-22-14(2)15(3)25-16/h13H,5-12H2,1-4H3,(H2,19,20,21). The summed E-state index contributed by atoms with van der Waals surface area (Å²) in [5.74, 6) is 0.980. The Kier molecular flexibility index (Phi) is 7.68. The second-order valence-electron chi connectivity index (χ2n) is 6.61. The molecule has 7 heteroatoms. The van der Waals surface area contributed by atoms with Crippen LogP contribution in [0.25, 0.3) is 0 Å². The number of nitrogens with one attached hydrogen (secondary N) is 2. The van der Waals surface area contributed by atoms with Crippen LogP contribution in [-0.2, 0) is 11.2 Å². The third-order valence-corrected chi connectivity index (χ3v) is 5.82. The van der Waals surface area contributed by atoms with Crippen molar-refractivity contribution in [2.75, 3.05) is 26.7 Å². The van der Waals surface area contributed by atoms with Crippen LogP contribution >= 0.6 is 11.3 Å². The van der Waals surface area contributed by atoms with Crippen molar-refractivity contribution < 1.29 is 4.79 Å².